The van der Waals surface area contributed by atoms with Crippen LogP contribution in [0.3, 0.4) is 0 Å². The number of hydrazone groups is 1. The molecule has 0 aliphatic carbocycles. The van der Waals surface area contributed by atoms with Crippen LogP contribution in [0.4, 0.5) is 0 Å². The number of ether oxygens (including phenoxy) is 3. The highest BCUT2D eigenvalue weighted by molar-refractivity contribution is 6.02. The van der Waals surface area contributed by atoms with Crippen molar-refractivity contribution >= 4 is 28.8 Å². The second kappa shape index (κ2) is 9.17. The van der Waals surface area contributed by atoms with E-state index >= 15 is 0 Å². The third-order valence-corrected chi connectivity index (χ3v) is 4.65. The summed E-state index contributed by atoms with van der Waals surface area (Å²) in [6.07, 6.45) is 1.57. The number of carbonyl (C=O) groups is 2. The minimum Gasteiger partial charge on any atom is -0.493 e. The summed E-state index contributed by atoms with van der Waals surface area (Å²) in [5.74, 6) is 1.05. The fourth-order valence-electron chi connectivity index (χ4n) is 3.20. The quantitative estimate of drug-likeness (QED) is 0.453. The van der Waals surface area contributed by atoms with E-state index in [1.165, 1.54) is 0 Å². The molecule has 2 N–H and O–H groups in total. The Morgan fingerprint density at radius 2 is 1.87 bits per heavy atom. The van der Waals surface area contributed by atoms with Crippen LogP contribution in [-0.2, 0) is 4.79 Å². The van der Waals surface area contributed by atoms with Gasteiger partial charge in [0.15, 0.2) is 11.5 Å². The molecule has 2 amide bonds. The molecule has 0 spiro atoms. The Kier molecular flexibility index (Phi) is 5.98. The molecule has 0 aromatic heterocycles. The molecule has 1 aliphatic heterocycles. The molecule has 0 radical (unpaired) electrons. The van der Waals surface area contributed by atoms with Gasteiger partial charge in [0.25, 0.3) is 11.8 Å². The number of amides is 2. The Bertz CT molecular complexity index is 1160. The lowest BCUT2D eigenvalue weighted by Crippen LogP contribution is -2.34. The van der Waals surface area contributed by atoms with Crippen LogP contribution < -0.4 is 25.0 Å². The molecule has 0 atom stereocenters. The Morgan fingerprint density at radius 3 is 2.71 bits per heavy atom. The smallest absolute Gasteiger partial charge is 0.259 e. The van der Waals surface area contributed by atoms with Gasteiger partial charge < -0.3 is 19.5 Å². The zero-order chi connectivity index (χ0) is 21.6. The van der Waals surface area contributed by atoms with Gasteiger partial charge >= 0.3 is 0 Å². The Labute approximate surface area is 178 Å². The van der Waals surface area contributed by atoms with Crippen molar-refractivity contribution < 1.29 is 23.8 Å². The molecule has 0 unspecified atom stereocenters. The molecule has 158 valence electrons. The molecule has 4 rings (SSSR count). The van der Waals surface area contributed by atoms with Crippen molar-refractivity contribution in [2.45, 2.75) is 6.92 Å². The number of hydrogen-bond acceptors (Lipinski definition) is 6. The highest BCUT2D eigenvalue weighted by Crippen LogP contribution is 2.32. The number of nitrogens with one attached hydrogen (secondary N) is 2. The van der Waals surface area contributed by atoms with Gasteiger partial charge in [0.05, 0.1) is 19.4 Å². The van der Waals surface area contributed by atoms with Crippen LogP contribution in [0.2, 0.25) is 0 Å². The Balaban J connectivity index is 1.35. The van der Waals surface area contributed by atoms with E-state index in [0.717, 1.165) is 22.1 Å². The highest BCUT2D eigenvalue weighted by Gasteiger charge is 2.16. The first kappa shape index (κ1) is 20.2. The monoisotopic (exact) mass is 419 g/mol. The van der Waals surface area contributed by atoms with Crippen molar-refractivity contribution in [1.82, 2.24) is 10.7 Å². The van der Waals surface area contributed by atoms with Gasteiger partial charge in [-0.15, -0.1) is 0 Å². The van der Waals surface area contributed by atoms with Crippen molar-refractivity contribution in [3.05, 3.63) is 65.7 Å². The van der Waals surface area contributed by atoms with Crippen LogP contribution in [0.15, 0.2) is 59.7 Å². The van der Waals surface area contributed by atoms with Gasteiger partial charge in [-0.05, 0) is 42.6 Å². The summed E-state index contributed by atoms with van der Waals surface area (Å²) in [7, 11) is 0. The van der Waals surface area contributed by atoms with Crippen LogP contribution in [0.5, 0.6) is 17.2 Å². The topological polar surface area (TPSA) is 98.2 Å². The molecule has 3 aromatic rings. The molecule has 1 heterocycles. The predicted octanol–water partition coefficient (Wildman–Crippen LogP) is 2.85. The summed E-state index contributed by atoms with van der Waals surface area (Å²) >= 11 is 0. The van der Waals surface area contributed by atoms with Crippen molar-refractivity contribution in [3.8, 4) is 17.2 Å². The molecular weight excluding hydrogens is 398 g/mol. The average molecular weight is 419 g/mol. The molecule has 8 nitrogen and oxygen atoms in total. The number of benzene rings is 3. The second-order valence-electron chi connectivity index (χ2n) is 6.68. The number of carbonyl (C=O) groups excluding carboxylic acids is 2. The summed E-state index contributed by atoms with van der Waals surface area (Å²) < 4.78 is 16.1. The van der Waals surface area contributed by atoms with Gasteiger partial charge in [0.2, 0.25) is 6.79 Å². The summed E-state index contributed by atoms with van der Waals surface area (Å²) in [4.78, 5) is 24.3. The van der Waals surface area contributed by atoms with Gasteiger partial charge in [0, 0.05) is 16.5 Å². The molecule has 0 bridgehead atoms. The van der Waals surface area contributed by atoms with E-state index in [0.29, 0.717) is 23.7 Å². The number of rotatable bonds is 7. The average Bonchev–Trinajstić information content (AvgIpc) is 3.27. The third kappa shape index (κ3) is 4.58. The molecule has 0 fully saturated rings. The minimum absolute atomic E-state index is 0.129. The minimum atomic E-state index is -0.444. The first-order chi connectivity index (χ1) is 15.2. The van der Waals surface area contributed by atoms with Crippen molar-refractivity contribution in [2.24, 2.45) is 5.10 Å². The van der Waals surface area contributed by atoms with Crippen LogP contribution in [0.1, 0.15) is 22.8 Å². The predicted molar refractivity (Wildman–Crippen MR) is 116 cm³/mol. The second-order valence-corrected chi connectivity index (χ2v) is 6.68. The van der Waals surface area contributed by atoms with E-state index in [-0.39, 0.29) is 13.3 Å². The SMILES string of the molecule is CCOc1ccc(C=NNC(=O)CNC(=O)c2ccc3c(c2)OCO3)c2ccccc12. The fraction of sp³-hybridized carbons (Fsp3) is 0.174. The van der Waals surface area contributed by atoms with E-state index < -0.39 is 11.8 Å². The molecule has 0 saturated heterocycles. The summed E-state index contributed by atoms with van der Waals surface area (Å²) in [5.41, 5.74) is 3.64. The van der Waals surface area contributed by atoms with Crippen LogP contribution in [0.25, 0.3) is 10.8 Å². The summed E-state index contributed by atoms with van der Waals surface area (Å²) in [6.45, 7) is 2.43. The lowest BCUT2D eigenvalue weighted by atomic mass is 10.0. The van der Waals surface area contributed by atoms with E-state index in [4.69, 9.17) is 14.2 Å². The Morgan fingerprint density at radius 1 is 1.06 bits per heavy atom. The molecule has 8 heteroatoms. The lowest BCUT2D eigenvalue weighted by molar-refractivity contribution is -0.120. The molecule has 1 aliphatic rings. The summed E-state index contributed by atoms with van der Waals surface area (Å²) in [5, 5.41) is 8.49. The van der Waals surface area contributed by atoms with Crippen molar-refractivity contribution in [2.75, 3.05) is 19.9 Å². The molecule has 31 heavy (non-hydrogen) atoms. The zero-order valence-corrected chi connectivity index (χ0v) is 16.9. The normalized spacial score (nSPS) is 12.2. The maximum Gasteiger partial charge on any atom is 0.259 e. The number of nitrogens with zero attached hydrogens (tertiary/aromatic N) is 1. The van der Waals surface area contributed by atoms with E-state index in [1.807, 2.05) is 43.3 Å². The third-order valence-electron chi connectivity index (χ3n) is 4.65. The van der Waals surface area contributed by atoms with Crippen LogP contribution >= 0.6 is 0 Å². The van der Waals surface area contributed by atoms with Crippen molar-refractivity contribution in [1.29, 1.82) is 0 Å². The van der Waals surface area contributed by atoms with Crippen LogP contribution in [-0.4, -0.2) is 38.0 Å². The number of hydrogen-bond donors (Lipinski definition) is 2. The number of fused-ring (bicyclic) bond motifs is 2. The van der Waals surface area contributed by atoms with Gasteiger partial charge in [-0.2, -0.15) is 5.10 Å². The highest BCUT2D eigenvalue weighted by atomic mass is 16.7. The lowest BCUT2D eigenvalue weighted by Gasteiger charge is -2.09. The van der Waals surface area contributed by atoms with Gasteiger partial charge in [-0.3, -0.25) is 9.59 Å². The van der Waals surface area contributed by atoms with E-state index in [2.05, 4.69) is 15.8 Å². The first-order valence-electron chi connectivity index (χ1n) is 9.80. The van der Waals surface area contributed by atoms with E-state index in [1.54, 1.807) is 24.4 Å². The van der Waals surface area contributed by atoms with E-state index in [9.17, 15) is 9.59 Å². The maximum atomic E-state index is 12.2. The van der Waals surface area contributed by atoms with Gasteiger partial charge in [0.1, 0.15) is 5.75 Å². The molecular formula is C23H21N3O5. The Hall–Kier alpha value is -4.07. The fourth-order valence-corrected chi connectivity index (χ4v) is 3.20. The zero-order valence-electron chi connectivity index (χ0n) is 16.9. The largest absolute Gasteiger partial charge is 0.493 e. The van der Waals surface area contributed by atoms with Crippen LogP contribution in [0, 0.1) is 0 Å². The van der Waals surface area contributed by atoms with Gasteiger partial charge in [-0.1, -0.05) is 24.3 Å². The van der Waals surface area contributed by atoms with Gasteiger partial charge in [-0.25, -0.2) is 5.43 Å². The van der Waals surface area contributed by atoms with Crippen molar-refractivity contribution in [3.63, 3.8) is 0 Å². The standard InChI is InChI=1S/C23H21N3O5/c1-2-29-19-9-8-16(17-5-3-4-6-18(17)19)12-25-26-22(27)13-24-23(28)15-7-10-20-21(11-15)31-14-30-20/h3-12H,2,13-14H2,1H3,(H,24,28)(H,26,27). The first-order valence-corrected chi connectivity index (χ1v) is 9.80. The summed E-state index contributed by atoms with van der Waals surface area (Å²) in [6, 6.07) is 16.4. The maximum absolute atomic E-state index is 12.2. The molecule has 3 aromatic carbocycles. The molecule has 0 saturated carbocycles.